The molecule has 1 aromatic rings. The first-order valence-corrected chi connectivity index (χ1v) is 6.15. The summed E-state index contributed by atoms with van der Waals surface area (Å²) in [6.45, 7) is 2.92. The summed E-state index contributed by atoms with van der Waals surface area (Å²) in [5.74, 6) is 0.351. The van der Waals surface area contributed by atoms with Crippen LogP contribution in [-0.4, -0.2) is 37.4 Å². The third-order valence-electron chi connectivity index (χ3n) is 2.31. The number of carbonyl (C=O) groups excluding carboxylic acids is 1. The lowest BCUT2D eigenvalue weighted by Crippen LogP contribution is -2.20. The number of nitrogens with one attached hydrogen (secondary N) is 1. The number of nitrogens with two attached hydrogens (primary N) is 1. The first kappa shape index (κ1) is 15.4. The van der Waals surface area contributed by atoms with Crippen molar-refractivity contribution >= 4 is 11.6 Å². The number of carbonyl (C=O) groups is 1. The average Bonchev–Trinajstić information content (AvgIpc) is 2.41. The highest BCUT2D eigenvalue weighted by Gasteiger charge is 2.07. The van der Waals surface area contributed by atoms with Gasteiger partial charge in [-0.25, -0.2) is 0 Å². The molecule has 1 rings (SSSR count). The van der Waals surface area contributed by atoms with E-state index in [9.17, 15) is 9.90 Å². The van der Waals surface area contributed by atoms with Gasteiger partial charge in [0.1, 0.15) is 12.4 Å². The van der Waals surface area contributed by atoms with Gasteiger partial charge in [0.15, 0.2) is 0 Å². The number of hydrogen-bond acceptors (Lipinski definition) is 5. The van der Waals surface area contributed by atoms with Crippen LogP contribution in [0.3, 0.4) is 0 Å². The monoisotopic (exact) mass is 268 g/mol. The number of rotatable bonds is 8. The predicted molar refractivity (Wildman–Crippen MR) is 72.0 cm³/mol. The second kappa shape index (κ2) is 8.47. The molecule has 0 aliphatic rings. The summed E-state index contributed by atoms with van der Waals surface area (Å²) >= 11 is 0. The van der Waals surface area contributed by atoms with Crippen LogP contribution in [0.2, 0.25) is 0 Å². The minimum Gasteiger partial charge on any atom is -0.494 e. The number of ether oxygens (including phenoxy) is 2. The van der Waals surface area contributed by atoms with Crippen molar-refractivity contribution in [3.8, 4) is 5.75 Å². The molecule has 4 N–H and O–H groups in total. The molecule has 0 radical (unpaired) electrons. The fraction of sp³-hybridized carbons (Fsp3) is 0.462. The van der Waals surface area contributed by atoms with E-state index < -0.39 is 0 Å². The summed E-state index contributed by atoms with van der Waals surface area (Å²) in [5.41, 5.74) is 6.47. The molecule has 0 atom stereocenters. The molecule has 0 saturated carbocycles. The molecule has 0 heterocycles. The zero-order valence-corrected chi connectivity index (χ0v) is 11.0. The lowest BCUT2D eigenvalue weighted by Gasteiger charge is -2.11. The Balaban J connectivity index is 2.61. The second-order valence-electron chi connectivity index (χ2n) is 3.80. The number of aliphatic hydroxyl groups excluding tert-OH is 1. The minimum absolute atomic E-state index is 0.0428. The van der Waals surface area contributed by atoms with Gasteiger partial charge in [0.2, 0.25) is 5.91 Å². The van der Waals surface area contributed by atoms with Crippen molar-refractivity contribution in [1.82, 2.24) is 0 Å². The summed E-state index contributed by atoms with van der Waals surface area (Å²) in [6.07, 6.45) is 0. The standard InChI is InChI=1S/C13H20N2O4/c1-2-19-12-4-3-11(7-10(12)8-16)15-13(17)9-18-6-5-14/h3-4,7,16H,2,5-6,8-9,14H2,1H3,(H,15,17). The molecule has 0 fully saturated rings. The summed E-state index contributed by atoms with van der Waals surface area (Å²) in [4.78, 5) is 11.5. The van der Waals surface area contributed by atoms with Gasteiger partial charge < -0.3 is 25.6 Å². The van der Waals surface area contributed by atoms with Gasteiger partial charge in [-0.15, -0.1) is 0 Å². The quantitative estimate of drug-likeness (QED) is 0.597. The van der Waals surface area contributed by atoms with Gasteiger partial charge in [-0.1, -0.05) is 0 Å². The van der Waals surface area contributed by atoms with Crippen LogP contribution in [0.4, 0.5) is 5.69 Å². The normalized spacial score (nSPS) is 10.3. The molecule has 0 bridgehead atoms. The van der Waals surface area contributed by atoms with E-state index in [2.05, 4.69) is 5.32 Å². The van der Waals surface area contributed by atoms with Crippen molar-refractivity contribution in [3.63, 3.8) is 0 Å². The Kier molecular flexibility index (Phi) is 6.88. The van der Waals surface area contributed by atoms with Crippen molar-refractivity contribution in [2.24, 2.45) is 5.73 Å². The Morgan fingerprint density at radius 3 is 2.89 bits per heavy atom. The average molecular weight is 268 g/mol. The second-order valence-corrected chi connectivity index (χ2v) is 3.80. The van der Waals surface area contributed by atoms with E-state index in [1.165, 1.54) is 0 Å². The lowest BCUT2D eigenvalue weighted by molar-refractivity contribution is -0.120. The van der Waals surface area contributed by atoms with Gasteiger partial charge >= 0.3 is 0 Å². The van der Waals surface area contributed by atoms with Gasteiger partial charge in [-0.3, -0.25) is 4.79 Å². The number of benzene rings is 1. The van der Waals surface area contributed by atoms with Crippen LogP contribution in [0.25, 0.3) is 0 Å². The minimum atomic E-state index is -0.263. The highest BCUT2D eigenvalue weighted by molar-refractivity contribution is 5.91. The third-order valence-corrected chi connectivity index (χ3v) is 2.31. The van der Waals surface area contributed by atoms with E-state index in [0.29, 0.717) is 36.8 Å². The number of amides is 1. The molecule has 1 amide bonds. The highest BCUT2D eigenvalue weighted by atomic mass is 16.5. The van der Waals surface area contributed by atoms with Crippen LogP contribution in [0, 0.1) is 0 Å². The highest BCUT2D eigenvalue weighted by Crippen LogP contribution is 2.22. The van der Waals surface area contributed by atoms with E-state index in [1.807, 2.05) is 6.92 Å². The smallest absolute Gasteiger partial charge is 0.250 e. The molecule has 1 aromatic carbocycles. The maximum Gasteiger partial charge on any atom is 0.250 e. The van der Waals surface area contributed by atoms with Crippen LogP contribution in [0.1, 0.15) is 12.5 Å². The van der Waals surface area contributed by atoms with Crippen molar-refractivity contribution in [2.75, 3.05) is 31.7 Å². The molecule has 6 heteroatoms. The number of aliphatic hydroxyl groups is 1. The van der Waals surface area contributed by atoms with Gasteiger partial charge in [0.25, 0.3) is 0 Å². The molecule has 0 aliphatic carbocycles. The maximum atomic E-state index is 11.5. The van der Waals surface area contributed by atoms with Gasteiger partial charge in [-0.2, -0.15) is 0 Å². The molecule has 0 aromatic heterocycles. The zero-order chi connectivity index (χ0) is 14.1. The van der Waals surface area contributed by atoms with Gasteiger partial charge in [0, 0.05) is 17.8 Å². The van der Waals surface area contributed by atoms with Gasteiger partial charge in [-0.05, 0) is 25.1 Å². The fourth-order valence-corrected chi connectivity index (χ4v) is 1.52. The van der Waals surface area contributed by atoms with Crippen LogP contribution in [-0.2, 0) is 16.1 Å². The Morgan fingerprint density at radius 1 is 1.47 bits per heavy atom. The number of anilines is 1. The van der Waals surface area contributed by atoms with Crippen molar-refractivity contribution in [3.05, 3.63) is 23.8 Å². The molecule has 0 spiro atoms. The van der Waals surface area contributed by atoms with Crippen molar-refractivity contribution in [2.45, 2.75) is 13.5 Å². The topological polar surface area (TPSA) is 93.8 Å². The van der Waals surface area contributed by atoms with E-state index in [4.69, 9.17) is 15.2 Å². The summed E-state index contributed by atoms with van der Waals surface area (Å²) < 4.78 is 10.4. The van der Waals surface area contributed by atoms with Crippen LogP contribution >= 0.6 is 0 Å². The fourth-order valence-electron chi connectivity index (χ4n) is 1.52. The molecule has 6 nitrogen and oxygen atoms in total. The molecular weight excluding hydrogens is 248 g/mol. The first-order valence-electron chi connectivity index (χ1n) is 6.15. The van der Waals surface area contributed by atoms with E-state index in [1.54, 1.807) is 18.2 Å². The Hall–Kier alpha value is -1.63. The van der Waals surface area contributed by atoms with Crippen molar-refractivity contribution < 1.29 is 19.4 Å². The largest absolute Gasteiger partial charge is 0.494 e. The van der Waals surface area contributed by atoms with Crippen LogP contribution in [0.15, 0.2) is 18.2 Å². The Bertz CT molecular complexity index is 410. The SMILES string of the molecule is CCOc1ccc(NC(=O)COCCN)cc1CO. The van der Waals surface area contributed by atoms with E-state index in [-0.39, 0.29) is 19.1 Å². The van der Waals surface area contributed by atoms with Gasteiger partial charge in [0.05, 0.1) is 19.8 Å². The Morgan fingerprint density at radius 2 is 2.26 bits per heavy atom. The van der Waals surface area contributed by atoms with Crippen molar-refractivity contribution in [1.29, 1.82) is 0 Å². The zero-order valence-electron chi connectivity index (χ0n) is 11.0. The molecular formula is C13H20N2O4. The molecule has 0 saturated heterocycles. The molecule has 106 valence electrons. The third kappa shape index (κ3) is 5.25. The number of hydrogen-bond donors (Lipinski definition) is 3. The van der Waals surface area contributed by atoms with Crippen LogP contribution < -0.4 is 15.8 Å². The first-order chi connectivity index (χ1) is 9.21. The maximum absolute atomic E-state index is 11.5. The van der Waals surface area contributed by atoms with E-state index in [0.717, 1.165) is 0 Å². The molecule has 19 heavy (non-hydrogen) atoms. The predicted octanol–water partition coefficient (Wildman–Crippen LogP) is 0.491. The Labute approximate surface area is 112 Å². The molecule has 0 unspecified atom stereocenters. The summed E-state index contributed by atoms with van der Waals surface area (Å²) in [5, 5.41) is 11.9. The lowest BCUT2D eigenvalue weighted by atomic mass is 10.2. The summed E-state index contributed by atoms with van der Waals surface area (Å²) in [7, 11) is 0. The summed E-state index contributed by atoms with van der Waals surface area (Å²) in [6, 6.07) is 5.10. The van der Waals surface area contributed by atoms with Crippen LogP contribution in [0.5, 0.6) is 5.75 Å². The van der Waals surface area contributed by atoms with E-state index >= 15 is 0 Å². The molecule has 0 aliphatic heterocycles.